The Bertz CT molecular complexity index is 236. The summed E-state index contributed by atoms with van der Waals surface area (Å²) in [5.41, 5.74) is 0. The molecule has 0 bridgehead atoms. The Kier molecular flexibility index (Phi) is 10.0. The predicted molar refractivity (Wildman–Crippen MR) is 72.9 cm³/mol. The van der Waals surface area contributed by atoms with Gasteiger partial charge in [-0.3, -0.25) is 0 Å². The second-order valence-corrected chi connectivity index (χ2v) is 4.33. The maximum Gasteiger partial charge on any atom is 0.0210 e. The van der Waals surface area contributed by atoms with Gasteiger partial charge in [-0.25, -0.2) is 0 Å². The largest absolute Gasteiger partial charge is 0.0857 e. The Balaban J connectivity index is 4.18. The average Bonchev–Trinajstić information content (AvgIpc) is 2.31. The third-order valence-electron chi connectivity index (χ3n) is 2.87. The highest BCUT2D eigenvalue weighted by Gasteiger charge is 1.99. The molecule has 16 heavy (non-hydrogen) atoms. The van der Waals surface area contributed by atoms with Crippen LogP contribution in [-0.2, 0) is 0 Å². The molecule has 0 saturated carbocycles. The van der Waals surface area contributed by atoms with E-state index in [1.807, 2.05) is 0 Å². The van der Waals surface area contributed by atoms with Crippen LogP contribution in [0.15, 0.2) is 0 Å². The molecular formula is C16H26. The maximum absolute atomic E-state index is 3.27. The van der Waals surface area contributed by atoms with Crippen LogP contribution in [0.3, 0.4) is 0 Å². The molecule has 0 fully saturated rings. The molecule has 90 valence electrons. The van der Waals surface area contributed by atoms with Crippen LogP contribution in [0.2, 0.25) is 0 Å². The fraction of sp³-hybridized carbons (Fsp3) is 0.750. The standard InChI is InChI=1S/C16H26/c1-5-11-15(7-3)13-9-10-14-16(8-4)12-6-2/h15-16H,5-8,11-12H2,1-4H3. The summed E-state index contributed by atoms with van der Waals surface area (Å²) in [6, 6.07) is 0. The van der Waals surface area contributed by atoms with E-state index >= 15 is 0 Å². The molecule has 0 heterocycles. The van der Waals surface area contributed by atoms with E-state index in [4.69, 9.17) is 0 Å². The van der Waals surface area contributed by atoms with Gasteiger partial charge in [0.2, 0.25) is 0 Å². The van der Waals surface area contributed by atoms with E-state index in [2.05, 4.69) is 51.4 Å². The average molecular weight is 218 g/mol. The molecule has 0 aliphatic carbocycles. The SMILES string of the molecule is CCCC(C#CC#CC(CC)CCC)CC. The van der Waals surface area contributed by atoms with E-state index in [9.17, 15) is 0 Å². The zero-order valence-electron chi connectivity index (χ0n) is 11.4. The van der Waals surface area contributed by atoms with Crippen molar-refractivity contribution < 1.29 is 0 Å². The fourth-order valence-electron chi connectivity index (χ4n) is 1.73. The Morgan fingerprint density at radius 2 is 1.06 bits per heavy atom. The van der Waals surface area contributed by atoms with Crippen molar-refractivity contribution in [2.45, 2.75) is 66.2 Å². The third kappa shape index (κ3) is 7.42. The summed E-state index contributed by atoms with van der Waals surface area (Å²) in [5.74, 6) is 13.7. The van der Waals surface area contributed by atoms with Crippen molar-refractivity contribution >= 4 is 0 Å². The lowest BCUT2D eigenvalue weighted by molar-refractivity contribution is 0.580. The quantitative estimate of drug-likeness (QED) is 0.569. The van der Waals surface area contributed by atoms with Crippen LogP contribution in [0.1, 0.15) is 66.2 Å². The van der Waals surface area contributed by atoms with Crippen molar-refractivity contribution in [2.75, 3.05) is 0 Å². The van der Waals surface area contributed by atoms with Gasteiger partial charge in [0.05, 0.1) is 0 Å². The molecule has 0 spiro atoms. The molecule has 0 saturated heterocycles. The van der Waals surface area contributed by atoms with Gasteiger partial charge < -0.3 is 0 Å². The lowest BCUT2D eigenvalue weighted by Gasteiger charge is -2.03. The molecule has 0 heteroatoms. The highest BCUT2D eigenvalue weighted by Crippen LogP contribution is 2.09. The van der Waals surface area contributed by atoms with E-state index in [0.29, 0.717) is 11.8 Å². The first-order valence-corrected chi connectivity index (χ1v) is 6.79. The summed E-state index contributed by atoms with van der Waals surface area (Å²) in [6.45, 7) is 8.83. The van der Waals surface area contributed by atoms with E-state index in [0.717, 1.165) is 12.8 Å². The number of hydrogen-bond donors (Lipinski definition) is 0. The molecule has 2 atom stereocenters. The molecule has 0 amide bonds. The van der Waals surface area contributed by atoms with Gasteiger partial charge in [-0.15, -0.1) is 0 Å². The van der Waals surface area contributed by atoms with Crippen molar-refractivity contribution in [3.8, 4) is 23.7 Å². The van der Waals surface area contributed by atoms with Gasteiger partial charge >= 0.3 is 0 Å². The summed E-state index contributed by atoms with van der Waals surface area (Å²) >= 11 is 0. The van der Waals surface area contributed by atoms with Gasteiger partial charge in [-0.05, 0) is 37.5 Å². The van der Waals surface area contributed by atoms with E-state index in [1.165, 1.54) is 25.7 Å². The zero-order chi connectivity index (χ0) is 12.2. The monoisotopic (exact) mass is 218 g/mol. The molecule has 0 nitrogen and oxygen atoms in total. The molecule has 2 unspecified atom stereocenters. The predicted octanol–water partition coefficient (Wildman–Crippen LogP) is 4.65. The van der Waals surface area contributed by atoms with E-state index in [-0.39, 0.29) is 0 Å². The first kappa shape index (κ1) is 15.1. The first-order chi connectivity index (χ1) is 7.78. The minimum Gasteiger partial charge on any atom is -0.0857 e. The van der Waals surface area contributed by atoms with Crippen molar-refractivity contribution in [1.29, 1.82) is 0 Å². The second-order valence-electron chi connectivity index (χ2n) is 4.33. The van der Waals surface area contributed by atoms with Gasteiger partial charge in [0.1, 0.15) is 0 Å². The molecule has 0 aliphatic rings. The van der Waals surface area contributed by atoms with Crippen LogP contribution >= 0.6 is 0 Å². The van der Waals surface area contributed by atoms with Crippen molar-refractivity contribution in [1.82, 2.24) is 0 Å². The lowest BCUT2D eigenvalue weighted by atomic mass is 10.0. The molecule has 0 aliphatic heterocycles. The molecule has 0 radical (unpaired) electrons. The second kappa shape index (κ2) is 10.6. The summed E-state index contributed by atoms with van der Waals surface area (Å²) in [6.07, 6.45) is 7.14. The van der Waals surface area contributed by atoms with Crippen molar-refractivity contribution in [3.63, 3.8) is 0 Å². The third-order valence-corrected chi connectivity index (χ3v) is 2.87. The van der Waals surface area contributed by atoms with Gasteiger partial charge in [0.25, 0.3) is 0 Å². The van der Waals surface area contributed by atoms with E-state index in [1.54, 1.807) is 0 Å². The summed E-state index contributed by atoms with van der Waals surface area (Å²) in [7, 11) is 0. The minimum absolute atomic E-state index is 0.547. The molecule has 0 rings (SSSR count). The van der Waals surface area contributed by atoms with Crippen LogP contribution in [0.4, 0.5) is 0 Å². The van der Waals surface area contributed by atoms with E-state index < -0.39 is 0 Å². The lowest BCUT2D eigenvalue weighted by Crippen LogP contribution is -1.94. The van der Waals surface area contributed by atoms with Gasteiger partial charge in [0.15, 0.2) is 0 Å². The zero-order valence-corrected chi connectivity index (χ0v) is 11.4. The highest BCUT2D eigenvalue weighted by molar-refractivity contribution is 5.27. The molecule has 0 aromatic heterocycles. The Morgan fingerprint density at radius 1 is 0.688 bits per heavy atom. The van der Waals surface area contributed by atoms with Crippen molar-refractivity contribution in [2.24, 2.45) is 11.8 Å². The van der Waals surface area contributed by atoms with Crippen LogP contribution < -0.4 is 0 Å². The van der Waals surface area contributed by atoms with Gasteiger partial charge in [0, 0.05) is 11.8 Å². The summed E-state index contributed by atoms with van der Waals surface area (Å²) in [4.78, 5) is 0. The Labute approximate surface area is 102 Å². The first-order valence-electron chi connectivity index (χ1n) is 6.79. The Hall–Kier alpha value is -0.880. The topological polar surface area (TPSA) is 0 Å². The maximum atomic E-state index is 3.27. The van der Waals surface area contributed by atoms with Crippen molar-refractivity contribution in [3.05, 3.63) is 0 Å². The summed E-state index contributed by atoms with van der Waals surface area (Å²) in [5, 5.41) is 0. The smallest absolute Gasteiger partial charge is 0.0210 e. The van der Waals surface area contributed by atoms with Gasteiger partial charge in [-0.2, -0.15) is 0 Å². The number of hydrogen-bond acceptors (Lipinski definition) is 0. The van der Waals surface area contributed by atoms with Crippen LogP contribution in [-0.4, -0.2) is 0 Å². The fourth-order valence-corrected chi connectivity index (χ4v) is 1.73. The molecule has 0 aromatic carbocycles. The van der Waals surface area contributed by atoms with Gasteiger partial charge in [-0.1, -0.05) is 52.4 Å². The highest BCUT2D eigenvalue weighted by atomic mass is 14.0. The van der Waals surface area contributed by atoms with Crippen LogP contribution in [0.25, 0.3) is 0 Å². The Morgan fingerprint density at radius 3 is 1.31 bits per heavy atom. The van der Waals surface area contributed by atoms with Crippen LogP contribution in [0, 0.1) is 35.5 Å². The normalized spacial score (nSPS) is 13.0. The van der Waals surface area contributed by atoms with Crippen LogP contribution in [0.5, 0.6) is 0 Å². The molecular weight excluding hydrogens is 192 g/mol. The minimum atomic E-state index is 0.547. The number of rotatable bonds is 6. The summed E-state index contributed by atoms with van der Waals surface area (Å²) < 4.78 is 0. The molecule has 0 aromatic rings. The molecule has 0 N–H and O–H groups in total.